The molecule has 1 aromatic heterocycles. The average molecular weight is 558 g/mol. The molecule has 35 heavy (non-hydrogen) atoms. The van der Waals surface area contributed by atoms with Gasteiger partial charge in [-0.3, -0.25) is 9.69 Å². The Kier molecular flexibility index (Phi) is 11.3. The van der Waals surface area contributed by atoms with E-state index in [1.54, 1.807) is 35.9 Å². The van der Waals surface area contributed by atoms with E-state index in [0.717, 1.165) is 35.0 Å². The fraction of sp³-hybridized carbons (Fsp3) is 0.417. The minimum absolute atomic E-state index is 0. The fourth-order valence-corrected chi connectivity index (χ4v) is 6.27. The van der Waals surface area contributed by atoms with Crippen LogP contribution in [0.15, 0.2) is 52.3 Å². The average Bonchev–Trinajstić information content (AvgIpc) is 3.25. The Morgan fingerprint density at radius 3 is 2.37 bits per heavy atom. The van der Waals surface area contributed by atoms with E-state index in [4.69, 9.17) is 4.74 Å². The highest BCUT2D eigenvalue weighted by Crippen LogP contribution is 2.33. The summed E-state index contributed by atoms with van der Waals surface area (Å²) in [7, 11) is -1.79. The van der Waals surface area contributed by atoms with Crippen LogP contribution in [0.2, 0.25) is 0 Å². The van der Waals surface area contributed by atoms with Crippen molar-refractivity contribution in [1.29, 1.82) is 0 Å². The Morgan fingerprint density at radius 1 is 1.09 bits per heavy atom. The molecular weight excluding hydrogens is 526 g/mol. The highest BCUT2D eigenvalue weighted by molar-refractivity contribution is 7.99. The first-order valence-corrected chi connectivity index (χ1v) is 14.8. The smallest absolute Gasteiger partial charge is 0.229 e. The summed E-state index contributed by atoms with van der Waals surface area (Å²) in [6, 6.07) is 12.9. The number of aromatic nitrogens is 1. The minimum atomic E-state index is -3.43. The van der Waals surface area contributed by atoms with Gasteiger partial charge in [0.15, 0.2) is 15.0 Å². The van der Waals surface area contributed by atoms with Gasteiger partial charge in [-0.05, 0) is 49.5 Å². The van der Waals surface area contributed by atoms with Crippen LogP contribution < -0.4 is 9.64 Å². The van der Waals surface area contributed by atoms with Crippen molar-refractivity contribution in [3.63, 3.8) is 0 Å². The molecular formula is C24H32ClN3O4S3. The number of thioether (sulfide) groups is 1. The molecule has 3 rings (SSSR count). The van der Waals surface area contributed by atoms with Gasteiger partial charge in [0.25, 0.3) is 0 Å². The number of halogens is 1. The Hall–Kier alpha value is -1.85. The van der Waals surface area contributed by atoms with Crippen molar-refractivity contribution in [3.05, 3.63) is 42.5 Å². The third-order valence-corrected chi connectivity index (χ3v) is 8.67. The third-order valence-electron chi connectivity index (χ3n) is 5.48. The third kappa shape index (κ3) is 7.82. The number of hydrogen-bond donors (Lipinski definition) is 0. The van der Waals surface area contributed by atoms with Gasteiger partial charge in [0.05, 0.1) is 16.7 Å². The summed E-state index contributed by atoms with van der Waals surface area (Å²) >= 11 is 2.97. The van der Waals surface area contributed by atoms with Gasteiger partial charge in [0.1, 0.15) is 11.3 Å². The molecule has 0 fully saturated rings. The van der Waals surface area contributed by atoms with Gasteiger partial charge in [0.2, 0.25) is 5.91 Å². The summed E-state index contributed by atoms with van der Waals surface area (Å²) in [6.07, 6.45) is 1.53. The fourth-order valence-electron chi connectivity index (χ4n) is 3.50. The molecule has 0 atom stereocenters. The van der Waals surface area contributed by atoms with E-state index in [2.05, 4.69) is 23.7 Å². The number of hydrogen-bond acceptors (Lipinski definition) is 8. The summed E-state index contributed by atoms with van der Waals surface area (Å²) < 4.78 is 30.4. The molecule has 0 saturated carbocycles. The molecule has 0 N–H and O–H groups in total. The number of sulfone groups is 1. The second-order valence-electron chi connectivity index (χ2n) is 7.72. The quantitative estimate of drug-likeness (QED) is 0.290. The molecule has 0 spiro atoms. The summed E-state index contributed by atoms with van der Waals surface area (Å²) in [4.78, 5) is 23.2. The molecule has 0 saturated heterocycles. The summed E-state index contributed by atoms with van der Waals surface area (Å²) in [5, 5.41) is 0.540. The van der Waals surface area contributed by atoms with Crippen LogP contribution >= 0.6 is 35.5 Å². The molecule has 0 radical (unpaired) electrons. The highest BCUT2D eigenvalue weighted by atomic mass is 35.5. The normalized spacial score (nSPS) is 11.5. The molecule has 192 valence electrons. The van der Waals surface area contributed by atoms with E-state index >= 15 is 0 Å². The van der Waals surface area contributed by atoms with Crippen molar-refractivity contribution in [1.82, 2.24) is 9.88 Å². The van der Waals surface area contributed by atoms with E-state index in [1.807, 2.05) is 30.3 Å². The molecule has 0 aliphatic carbocycles. The maximum Gasteiger partial charge on any atom is 0.229 e. The number of rotatable bonds is 12. The number of nitrogens with zero attached hydrogens (tertiary/aromatic N) is 3. The zero-order valence-electron chi connectivity index (χ0n) is 20.4. The number of ether oxygens (including phenoxy) is 1. The Labute approximate surface area is 222 Å². The second kappa shape index (κ2) is 13.5. The van der Waals surface area contributed by atoms with Crippen molar-refractivity contribution in [2.75, 3.05) is 50.2 Å². The Bertz CT molecular complexity index is 1210. The lowest BCUT2D eigenvalue weighted by molar-refractivity contribution is -0.118. The van der Waals surface area contributed by atoms with Crippen LogP contribution in [0.5, 0.6) is 5.75 Å². The predicted molar refractivity (Wildman–Crippen MR) is 148 cm³/mol. The first-order valence-electron chi connectivity index (χ1n) is 11.2. The Balaban J connectivity index is 0.00000432. The number of amides is 1. The first kappa shape index (κ1) is 29.4. The lowest BCUT2D eigenvalue weighted by atomic mass is 10.3. The lowest BCUT2D eigenvalue weighted by Crippen LogP contribution is -2.39. The van der Waals surface area contributed by atoms with Crippen molar-refractivity contribution in [2.45, 2.75) is 30.1 Å². The van der Waals surface area contributed by atoms with Crippen LogP contribution in [0.4, 0.5) is 5.13 Å². The molecule has 1 amide bonds. The molecule has 1 heterocycles. The van der Waals surface area contributed by atoms with Gasteiger partial charge in [-0.1, -0.05) is 31.3 Å². The van der Waals surface area contributed by atoms with Crippen LogP contribution in [0, 0.1) is 0 Å². The SMILES string of the molecule is CCN(CC)CCN(C(=O)CCSc1ccc(OC)cc1)c1nc2c(S(C)(=O)=O)cccc2s1.Cl. The number of methoxy groups -OCH3 is 1. The number of thiazole rings is 1. The number of carbonyl (C=O) groups excluding carboxylic acids is 1. The molecule has 11 heteroatoms. The lowest BCUT2D eigenvalue weighted by Gasteiger charge is -2.24. The zero-order valence-corrected chi connectivity index (χ0v) is 23.7. The molecule has 0 aliphatic rings. The van der Waals surface area contributed by atoms with E-state index in [1.165, 1.54) is 17.6 Å². The number of fused-ring (bicyclic) bond motifs is 1. The van der Waals surface area contributed by atoms with Gasteiger partial charge >= 0.3 is 0 Å². The Morgan fingerprint density at radius 2 is 1.77 bits per heavy atom. The van der Waals surface area contributed by atoms with Gasteiger partial charge in [-0.15, -0.1) is 24.2 Å². The van der Waals surface area contributed by atoms with E-state index in [9.17, 15) is 13.2 Å². The second-order valence-corrected chi connectivity index (χ2v) is 11.9. The van der Waals surface area contributed by atoms with E-state index < -0.39 is 9.84 Å². The van der Waals surface area contributed by atoms with Crippen molar-refractivity contribution < 1.29 is 17.9 Å². The standard InChI is InChI=1S/C24H31N3O4S3.ClH/c1-5-26(6-2)15-16-27(22(28)14-17-32-19-12-10-18(31-3)11-13-19)24-25-23-20(33-24)8-7-9-21(23)34(4,29)30;/h7-13H,5-6,14-17H2,1-4H3;1H. The highest BCUT2D eigenvalue weighted by Gasteiger charge is 2.23. The molecule has 7 nitrogen and oxygen atoms in total. The number of likely N-dealkylation sites (N-methyl/N-ethyl adjacent to an activating group) is 1. The summed E-state index contributed by atoms with van der Waals surface area (Å²) in [5.74, 6) is 1.41. The van der Waals surface area contributed by atoms with Crippen LogP contribution in [0.25, 0.3) is 10.2 Å². The molecule has 0 aliphatic heterocycles. The molecule has 2 aromatic carbocycles. The largest absolute Gasteiger partial charge is 0.497 e. The zero-order chi connectivity index (χ0) is 24.7. The van der Waals surface area contributed by atoms with Crippen LogP contribution in [-0.4, -0.2) is 69.5 Å². The summed E-state index contributed by atoms with van der Waals surface area (Å²) in [6.45, 7) is 7.20. The van der Waals surface area contributed by atoms with Gasteiger partial charge < -0.3 is 9.64 Å². The first-order chi connectivity index (χ1) is 16.3. The molecule has 0 unspecified atom stereocenters. The summed E-state index contributed by atoms with van der Waals surface area (Å²) in [5.41, 5.74) is 0.429. The van der Waals surface area contributed by atoms with E-state index in [0.29, 0.717) is 29.4 Å². The van der Waals surface area contributed by atoms with Gasteiger partial charge in [-0.25, -0.2) is 13.4 Å². The van der Waals surface area contributed by atoms with E-state index in [-0.39, 0.29) is 23.2 Å². The number of carbonyl (C=O) groups is 1. The van der Waals surface area contributed by atoms with Crippen LogP contribution in [-0.2, 0) is 14.6 Å². The molecule has 0 bridgehead atoms. The van der Waals surface area contributed by atoms with Crippen LogP contribution in [0.3, 0.4) is 0 Å². The maximum absolute atomic E-state index is 13.3. The maximum atomic E-state index is 13.3. The topological polar surface area (TPSA) is 79.8 Å². The molecule has 3 aromatic rings. The van der Waals surface area contributed by atoms with Crippen molar-refractivity contribution >= 4 is 66.6 Å². The van der Waals surface area contributed by atoms with Crippen LogP contribution in [0.1, 0.15) is 20.3 Å². The number of anilines is 1. The van der Waals surface area contributed by atoms with Gasteiger partial charge in [-0.2, -0.15) is 0 Å². The number of benzene rings is 2. The van der Waals surface area contributed by atoms with Gasteiger partial charge in [0, 0.05) is 36.4 Å². The monoisotopic (exact) mass is 557 g/mol. The van der Waals surface area contributed by atoms with Crippen molar-refractivity contribution in [3.8, 4) is 5.75 Å². The van der Waals surface area contributed by atoms with Crippen molar-refractivity contribution in [2.24, 2.45) is 0 Å². The minimum Gasteiger partial charge on any atom is -0.497 e. The number of para-hydroxylation sites is 1. The predicted octanol–water partition coefficient (Wildman–Crippen LogP) is 4.99.